The molecule has 0 aromatic heterocycles. The van der Waals surface area contributed by atoms with Crippen LogP contribution in [0.3, 0.4) is 0 Å². The number of benzene rings is 1. The van der Waals surface area contributed by atoms with Gasteiger partial charge in [0.15, 0.2) is 6.10 Å². The molecular formula is C10H12Cl2N2O4S. The summed E-state index contributed by atoms with van der Waals surface area (Å²) in [6.07, 6.45) is -0.547. The lowest BCUT2D eigenvalue weighted by atomic mass is 10.2. The first-order valence-electron chi connectivity index (χ1n) is 5.14. The fraction of sp³-hybridized carbons (Fsp3) is 0.300. The van der Waals surface area contributed by atoms with Gasteiger partial charge in [-0.2, -0.15) is 0 Å². The fourth-order valence-corrected chi connectivity index (χ4v) is 2.68. The van der Waals surface area contributed by atoms with Crippen LogP contribution in [0, 0.1) is 0 Å². The molecular weight excluding hydrogens is 315 g/mol. The zero-order chi connectivity index (χ0) is 14.8. The number of rotatable bonds is 5. The summed E-state index contributed by atoms with van der Waals surface area (Å²) in [5.74, 6) is -0.602. The Morgan fingerprint density at radius 3 is 2.37 bits per heavy atom. The van der Waals surface area contributed by atoms with Crippen LogP contribution in [0.2, 0.25) is 10.0 Å². The smallest absolute Gasteiger partial charge is 0.258 e. The minimum Gasteiger partial charge on any atom is -0.479 e. The summed E-state index contributed by atoms with van der Waals surface area (Å²) in [5, 5.41) is 4.78. The van der Waals surface area contributed by atoms with E-state index in [2.05, 4.69) is 0 Å². The summed E-state index contributed by atoms with van der Waals surface area (Å²) in [4.78, 5) is 10.7. The van der Waals surface area contributed by atoms with Crippen LogP contribution in [-0.4, -0.2) is 20.4 Å². The molecule has 1 aromatic rings. The predicted molar refractivity (Wildman–Crippen MR) is 71.7 cm³/mol. The largest absolute Gasteiger partial charge is 0.479 e. The van der Waals surface area contributed by atoms with Gasteiger partial charge in [-0.3, -0.25) is 4.79 Å². The molecule has 4 N–H and O–H groups in total. The van der Waals surface area contributed by atoms with Crippen molar-refractivity contribution in [3.63, 3.8) is 0 Å². The molecule has 1 rings (SSSR count). The number of halogens is 2. The number of sulfonamides is 1. The van der Waals surface area contributed by atoms with E-state index >= 15 is 0 Å². The molecule has 1 amide bonds. The number of amides is 1. The third kappa shape index (κ3) is 3.97. The molecule has 0 bridgehead atoms. The summed E-state index contributed by atoms with van der Waals surface area (Å²) in [6.45, 7) is 1.70. The van der Waals surface area contributed by atoms with Gasteiger partial charge < -0.3 is 10.5 Å². The average molecular weight is 327 g/mol. The monoisotopic (exact) mass is 326 g/mol. The molecule has 9 heteroatoms. The summed E-state index contributed by atoms with van der Waals surface area (Å²) < 4.78 is 27.7. The number of hydrogen-bond acceptors (Lipinski definition) is 4. The number of nitrogens with two attached hydrogens (primary N) is 2. The number of carbonyl (C=O) groups is 1. The third-order valence-electron chi connectivity index (χ3n) is 2.25. The highest BCUT2D eigenvalue weighted by atomic mass is 35.5. The van der Waals surface area contributed by atoms with E-state index in [0.717, 1.165) is 6.07 Å². The number of primary amides is 1. The van der Waals surface area contributed by atoms with Gasteiger partial charge in [-0.05, 0) is 12.5 Å². The second kappa shape index (κ2) is 5.96. The number of hydrogen-bond donors (Lipinski definition) is 2. The van der Waals surface area contributed by atoms with Gasteiger partial charge in [-0.1, -0.05) is 30.1 Å². The lowest BCUT2D eigenvalue weighted by molar-refractivity contribution is -0.124. The van der Waals surface area contributed by atoms with Crippen molar-refractivity contribution < 1.29 is 17.9 Å². The van der Waals surface area contributed by atoms with E-state index in [0.29, 0.717) is 6.42 Å². The Balaban J connectivity index is 3.20. The average Bonchev–Trinajstić information content (AvgIpc) is 2.27. The van der Waals surface area contributed by atoms with Crippen molar-refractivity contribution in [1.82, 2.24) is 0 Å². The van der Waals surface area contributed by atoms with Crippen molar-refractivity contribution in [2.24, 2.45) is 10.9 Å². The Bertz CT molecular complexity index is 604. The quantitative estimate of drug-likeness (QED) is 0.848. The minimum absolute atomic E-state index is 0.0341. The van der Waals surface area contributed by atoms with Crippen LogP contribution in [0.4, 0.5) is 0 Å². The van der Waals surface area contributed by atoms with Gasteiger partial charge in [-0.25, -0.2) is 13.6 Å². The second-order valence-corrected chi connectivity index (χ2v) is 6.02. The van der Waals surface area contributed by atoms with Gasteiger partial charge in [0.05, 0.1) is 10.0 Å². The zero-order valence-corrected chi connectivity index (χ0v) is 12.2. The Hall–Kier alpha value is -1.02. The van der Waals surface area contributed by atoms with Gasteiger partial charge in [0.25, 0.3) is 5.91 Å². The highest BCUT2D eigenvalue weighted by molar-refractivity contribution is 7.89. The lowest BCUT2D eigenvalue weighted by Crippen LogP contribution is -2.33. The SMILES string of the molecule is CCC(Oc1cc(Cl)c(S(N)(=O)=O)cc1Cl)C(N)=O. The molecule has 106 valence electrons. The van der Waals surface area contributed by atoms with Crippen LogP contribution >= 0.6 is 23.2 Å². The van der Waals surface area contributed by atoms with Crippen molar-refractivity contribution in [1.29, 1.82) is 0 Å². The molecule has 1 unspecified atom stereocenters. The van der Waals surface area contributed by atoms with E-state index in [1.165, 1.54) is 6.07 Å². The molecule has 0 aliphatic rings. The van der Waals surface area contributed by atoms with Crippen LogP contribution in [0.5, 0.6) is 5.75 Å². The van der Waals surface area contributed by atoms with Gasteiger partial charge in [0.2, 0.25) is 10.0 Å². The maximum atomic E-state index is 11.2. The van der Waals surface area contributed by atoms with Crippen LogP contribution < -0.4 is 15.6 Å². The molecule has 6 nitrogen and oxygen atoms in total. The fourth-order valence-electron chi connectivity index (χ4n) is 1.31. The summed E-state index contributed by atoms with van der Waals surface area (Å²) in [5.41, 5.74) is 5.13. The van der Waals surface area contributed by atoms with E-state index in [9.17, 15) is 13.2 Å². The van der Waals surface area contributed by atoms with Crippen LogP contribution in [0.15, 0.2) is 17.0 Å². The standard InChI is InChI=1S/C10H12Cl2N2O4S/c1-2-7(10(13)15)18-8-3-6(12)9(4-5(8)11)19(14,16)17/h3-4,7H,2H2,1H3,(H2,13,15)(H2,14,16,17). The second-order valence-electron chi connectivity index (χ2n) is 3.68. The molecule has 0 spiro atoms. The normalized spacial score (nSPS) is 13.1. The molecule has 0 fully saturated rings. The van der Waals surface area contributed by atoms with E-state index < -0.39 is 22.0 Å². The van der Waals surface area contributed by atoms with E-state index in [1.807, 2.05) is 0 Å². The van der Waals surface area contributed by atoms with Crippen molar-refractivity contribution in [2.45, 2.75) is 24.3 Å². The maximum absolute atomic E-state index is 11.2. The molecule has 0 aliphatic carbocycles. The van der Waals surface area contributed by atoms with E-state index in [1.54, 1.807) is 6.92 Å². The van der Waals surface area contributed by atoms with Gasteiger partial charge in [-0.15, -0.1) is 0 Å². The van der Waals surface area contributed by atoms with Crippen molar-refractivity contribution >= 4 is 39.1 Å². The van der Waals surface area contributed by atoms with Crippen molar-refractivity contribution in [3.05, 3.63) is 22.2 Å². The molecule has 0 aliphatic heterocycles. The molecule has 19 heavy (non-hydrogen) atoms. The third-order valence-corrected chi connectivity index (χ3v) is 3.92. The molecule has 1 aromatic carbocycles. The molecule has 0 saturated heterocycles. The first-order valence-corrected chi connectivity index (χ1v) is 7.44. The van der Waals surface area contributed by atoms with Crippen LogP contribution in [-0.2, 0) is 14.8 Å². The van der Waals surface area contributed by atoms with Gasteiger partial charge in [0, 0.05) is 6.07 Å². The first kappa shape index (κ1) is 16.0. The minimum atomic E-state index is -3.99. The van der Waals surface area contributed by atoms with Gasteiger partial charge >= 0.3 is 0 Å². The maximum Gasteiger partial charge on any atom is 0.258 e. The Morgan fingerprint density at radius 2 is 1.95 bits per heavy atom. The molecule has 1 atom stereocenters. The highest BCUT2D eigenvalue weighted by Crippen LogP contribution is 2.33. The van der Waals surface area contributed by atoms with E-state index in [-0.39, 0.29) is 20.7 Å². The Morgan fingerprint density at radius 1 is 1.37 bits per heavy atom. The topological polar surface area (TPSA) is 112 Å². The van der Waals surface area contributed by atoms with E-state index in [4.69, 9.17) is 38.8 Å². The Labute approximate surface area is 120 Å². The van der Waals surface area contributed by atoms with Gasteiger partial charge in [0.1, 0.15) is 10.6 Å². The highest BCUT2D eigenvalue weighted by Gasteiger charge is 2.20. The molecule has 0 radical (unpaired) electrons. The first-order chi connectivity index (χ1) is 8.66. The van der Waals surface area contributed by atoms with Crippen molar-refractivity contribution in [3.8, 4) is 5.75 Å². The van der Waals surface area contributed by atoms with Crippen LogP contribution in [0.25, 0.3) is 0 Å². The molecule has 0 saturated carbocycles. The summed E-state index contributed by atoms with van der Waals surface area (Å²) in [6, 6.07) is 2.23. The number of primary sulfonamides is 1. The summed E-state index contributed by atoms with van der Waals surface area (Å²) in [7, 11) is -3.99. The van der Waals surface area contributed by atoms with Crippen LogP contribution in [0.1, 0.15) is 13.3 Å². The predicted octanol–water partition coefficient (Wildman–Crippen LogP) is 1.28. The molecule has 0 heterocycles. The summed E-state index contributed by atoms with van der Waals surface area (Å²) >= 11 is 11.6. The number of carbonyl (C=O) groups excluding carboxylic acids is 1. The Kier molecular flexibility index (Phi) is 5.03. The number of ether oxygens (including phenoxy) is 1. The zero-order valence-electron chi connectivity index (χ0n) is 9.89. The van der Waals surface area contributed by atoms with Crippen molar-refractivity contribution in [2.75, 3.05) is 0 Å². The lowest BCUT2D eigenvalue weighted by Gasteiger charge is -2.16.